The second kappa shape index (κ2) is 7.98. The maximum absolute atomic E-state index is 13.2. The molecule has 8 heteroatoms. The number of esters is 1. The molecule has 1 aliphatic heterocycles. The highest BCUT2D eigenvalue weighted by molar-refractivity contribution is 6.30. The lowest BCUT2D eigenvalue weighted by atomic mass is 10.0. The van der Waals surface area contributed by atoms with Gasteiger partial charge in [0.05, 0.1) is 12.8 Å². The summed E-state index contributed by atoms with van der Waals surface area (Å²) in [6.45, 7) is 3.38. The Morgan fingerprint density at radius 3 is 2.13 bits per heavy atom. The number of carbonyl (C=O) groups excluding carboxylic acids is 3. The molecule has 3 N–H and O–H groups in total. The molecule has 0 radical (unpaired) electrons. The standard InChI is InChI=1S/C22H24N4O4/c1-22(2)20(28)25(16-9-4-14(5-10-16)6-13-18(27)30-3)21(29)26(22)17-11-7-15(8-12-17)19(23)24/h4-5,7-12H,6,13H2,1-3H3,(H3,23,24). The van der Waals surface area contributed by atoms with Crippen molar-refractivity contribution < 1.29 is 19.1 Å². The minimum Gasteiger partial charge on any atom is -0.469 e. The Balaban J connectivity index is 1.86. The van der Waals surface area contributed by atoms with Crippen LogP contribution in [0.3, 0.4) is 0 Å². The maximum Gasteiger partial charge on any atom is 0.336 e. The molecule has 156 valence electrons. The molecular formula is C22H24N4O4. The molecule has 0 saturated carbocycles. The fourth-order valence-corrected chi connectivity index (χ4v) is 3.41. The summed E-state index contributed by atoms with van der Waals surface area (Å²) in [5.41, 5.74) is 6.85. The van der Waals surface area contributed by atoms with Crippen LogP contribution in [0.25, 0.3) is 0 Å². The van der Waals surface area contributed by atoms with Gasteiger partial charge in [0, 0.05) is 17.7 Å². The Bertz CT molecular complexity index is 997. The van der Waals surface area contributed by atoms with Crippen LogP contribution in [0.4, 0.5) is 16.2 Å². The SMILES string of the molecule is COC(=O)CCc1ccc(N2C(=O)N(c3ccc(C(=N)N)cc3)C(C)(C)C2=O)cc1. The number of benzene rings is 2. The number of rotatable bonds is 6. The summed E-state index contributed by atoms with van der Waals surface area (Å²) in [6, 6.07) is 13.1. The Kier molecular flexibility index (Phi) is 5.60. The highest BCUT2D eigenvalue weighted by Gasteiger charge is 2.52. The van der Waals surface area contributed by atoms with Crippen LogP contribution in [-0.4, -0.2) is 36.4 Å². The second-order valence-corrected chi connectivity index (χ2v) is 7.52. The van der Waals surface area contributed by atoms with E-state index in [4.69, 9.17) is 11.1 Å². The molecule has 1 aliphatic rings. The van der Waals surface area contributed by atoms with Gasteiger partial charge in [-0.1, -0.05) is 12.1 Å². The number of aryl methyl sites for hydroxylation is 1. The van der Waals surface area contributed by atoms with Crippen molar-refractivity contribution in [3.05, 3.63) is 59.7 Å². The van der Waals surface area contributed by atoms with Gasteiger partial charge in [0.15, 0.2) is 0 Å². The van der Waals surface area contributed by atoms with E-state index in [9.17, 15) is 14.4 Å². The van der Waals surface area contributed by atoms with E-state index in [0.717, 1.165) is 10.5 Å². The van der Waals surface area contributed by atoms with Gasteiger partial charge in [-0.25, -0.2) is 9.69 Å². The predicted octanol–water partition coefficient (Wildman–Crippen LogP) is 2.83. The number of carbonyl (C=O) groups is 3. The van der Waals surface area contributed by atoms with Gasteiger partial charge in [-0.15, -0.1) is 0 Å². The Morgan fingerprint density at radius 1 is 1.03 bits per heavy atom. The van der Waals surface area contributed by atoms with Gasteiger partial charge in [-0.05, 0) is 62.2 Å². The van der Waals surface area contributed by atoms with E-state index in [-0.39, 0.29) is 24.1 Å². The Hall–Kier alpha value is -3.68. The molecule has 1 fully saturated rings. The molecule has 30 heavy (non-hydrogen) atoms. The van der Waals surface area contributed by atoms with E-state index in [1.54, 1.807) is 62.4 Å². The molecule has 0 spiro atoms. The van der Waals surface area contributed by atoms with Crippen LogP contribution >= 0.6 is 0 Å². The number of imide groups is 1. The van der Waals surface area contributed by atoms with Crippen molar-refractivity contribution in [3.63, 3.8) is 0 Å². The zero-order valence-electron chi connectivity index (χ0n) is 17.1. The first-order valence-corrected chi connectivity index (χ1v) is 9.45. The molecule has 3 rings (SSSR count). The minimum atomic E-state index is -1.08. The first-order valence-electron chi connectivity index (χ1n) is 9.45. The van der Waals surface area contributed by atoms with Gasteiger partial charge in [-0.3, -0.25) is 19.9 Å². The number of anilines is 2. The van der Waals surface area contributed by atoms with Crippen molar-refractivity contribution in [2.75, 3.05) is 16.9 Å². The summed E-state index contributed by atoms with van der Waals surface area (Å²) in [5.74, 6) is -0.707. The molecule has 2 aromatic rings. The first-order chi connectivity index (χ1) is 14.2. The van der Waals surface area contributed by atoms with Crippen LogP contribution in [0, 0.1) is 5.41 Å². The highest BCUT2D eigenvalue weighted by Crippen LogP contribution is 2.36. The number of nitrogens with two attached hydrogens (primary N) is 1. The fraction of sp³-hybridized carbons (Fsp3) is 0.273. The number of nitrogen functional groups attached to an aromatic ring is 1. The fourth-order valence-electron chi connectivity index (χ4n) is 3.41. The molecule has 0 bridgehead atoms. The first kappa shape index (κ1) is 21.0. The number of amides is 3. The third-order valence-electron chi connectivity index (χ3n) is 5.14. The van der Waals surface area contributed by atoms with Crippen LogP contribution in [-0.2, 0) is 20.7 Å². The lowest BCUT2D eigenvalue weighted by Crippen LogP contribution is -2.44. The van der Waals surface area contributed by atoms with E-state index in [1.807, 2.05) is 0 Å². The summed E-state index contributed by atoms with van der Waals surface area (Å²) in [7, 11) is 1.34. The van der Waals surface area contributed by atoms with Crippen molar-refractivity contribution in [2.45, 2.75) is 32.2 Å². The molecule has 2 aromatic carbocycles. The van der Waals surface area contributed by atoms with Gasteiger partial charge in [0.2, 0.25) is 0 Å². The topological polar surface area (TPSA) is 117 Å². The maximum atomic E-state index is 13.2. The van der Waals surface area contributed by atoms with Gasteiger partial charge in [0.1, 0.15) is 11.4 Å². The average Bonchev–Trinajstić information content (AvgIpc) is 2.90. The van der Waals surface area contributed by atoms with Crippen molar-refractivity contribution >= 4 is 35.1 Å². The van der Waals surface area contributed by atoms with Gasteiger partial charge in [0.25, 0.3) is 5.91 Å². The van der Waals surface area contributed by atoms with E-state index >= 15 is 0 Å². The number of amidine groups is 1. The molecule has 1 saturated heterocycles. The van der Waals surface area contributed by atoms with Crippen LogP contribution in [0.5, 0.6) is 0 Å². The van der Waals surface area contributed by atoms with Crippen molar-refractivity contribution in [3.8, 4) is 0 Å². The predicted molar refractivity (Wildman–Crippen MR) is 114 cm³/mol. The van der Waals surface area contributed by atoms with E-state index in [0.29, 0.717) is 23.4 Å². The normalized spacial score (nSPS) is 15.4. The second-order valence-electron chi connectivity index (χ2n) is 7.52. The van der Waals surface area contributed by atoms with E-state index in [2.05, 4.69) is 4.74 Å². The summed E-state index contributed by atoms with van der Waals surface area (Å²) in [5, 5.41) is 7.50. The molecular weight excluding hydrogens is 384 g/mol. The van der Waals surface area contributed by atoms with Crippen LogP contribution in [0.15, 0.2) is 48.5 Å². The van der Waals surface area contributed by atoms with Crippen molar-refractivity contribution in [1.29, 1.82) is 5.41 Å². The molecule has 0 unspecified atom stereocenters. The molecule has 8 nitrogen and oxygen atoms in total. The van der Waals surface area contributed by atoms with Crippen molar-refractivity contribution in [2.24, 2.45) is 5.73 Å². The van der Waals surface area contributed by atoms with E-state index < -0.39 is 11.6 Å². The average molecular weight is 408 g/mol. The largest absolute Gasteiger partial charge is 0.469 e. The third kappa shape index (κ3) is 3.76. The quantitative estimate of drug-likeness (QED) is 0.330. The van der Waals surface area contributed by atoms with Crippen LogP contribution < -0.4 is 15.5 Å². The molecule has 0 aliphatic carbocycles. The van der Waals surface area contributed by atoms with Gasteiger partial charge in [-0.2, -0.15) is 0 Å². The number of hydrogen-bond donors (Lipinski definition) is 2. The van der Waals surface area contributed by atoms with Crippen molar-refractivity contribution in [1.82, 2.24) is 0 Å². The minimum absolute atomic E-state index is 0.0708. The molecule has 1 heterocycles. The van der Waals surface area contributed by atoms with Crippen LogP contribution in [0.2, 0.25) is 0 Å². The lowest BCUT2D eigenvalue weighted by Gasteiger charge is -2.27. The number of nitrogens with zero attached hydrogens (tertiary/aromatic N) is 2. The monoisotopic (exact) mass is 408 g/mol. The molecule has 0 atom stereocenters. The third-order valence-corrected chi connectivity index (χ3v) is 5.14. The zero-order chi connectivity index (χ0) is 22.1. The van der Waals surface area contributed by atoms with Crippen LogP contribution in [0.1, 0.15) is 31.4 Å². The van der Waals surface area contributed by atoms with Gasteiger partial charge >= 0.3 is 12.0 Å². The summed E-state index contributed by atoms with van der Waals surface area (Å²) >= 11 is 0. The summed E-state index contributed by atoms with van der Waals surface area (Å²) in [6.07, 6.45) is 0.767. The number of methoxy groups -OCH3 is 1. The smallest absolute Gasteiger partial charge is 0.336 e. The lowest BCUT2D eigenvalue weighted by molar-refractivity contribution is -0.140. The Morgan fingerprint density at radius 2 is 1.60 bits per heavy atom. The summed E-state index contributed by atoms with van der Waals surface area (Å²) < 4.78 is 4.64. The number of ether oxygens (including phenoxy) is 1. The molecule has 3 amide bonds. The molecule has 0 aromatic heterocycles. The highest BCUT2D eigenvalue weighted by atomic mass is 16.5. The Labute approximate surface area is 174 Å². The van der Waals surface area contributed by atoms with E-state index in [1.165, 1.54) is 12.0 Å². The zero-order valence-corrected chi connectivity index (χ0v) is 17.1. The summed E-state index contributed by atoms with van der Waals surface area (Å²) in [4.78, 5) is 40.2. The van der Waals surface area contributed by atoms with Gasteiger partial charge < -0.3 is 10.5 Å². The number of nitrogens with one attached hydrogen (secondary N) is 1. The number of hydrogen-bond acceptors (Lipinski definition) is 5. The number of urea groups is 1.